The summed E-state index contributed by atoms with van der Waals surface area (Å²) >= 11 is 6.48. The lowest BCUT2D eigenvalue weighted by atomic mass is 10.2. The van der Waals surface area contributed by atoms with E-state index in [1.165, 1.54) is 0 Å². The first-order valence-corrected chi connectivity index (χ1v) is 6.40. The zero-order chi connectivity index (χ0) is 12.3. The van der Waals surface area contributed by atoms with Crippen LogP contribution in [0.25, 0.3) is 0 Å². The van der Waals surface area contributed by atoms with Crippen molar-refractivity contribution in [1.82, 2.24) is 0 Å². The Morgan fingerprint density at radius 1 is 1.24 bits per heavy atom. The Morgan fingerprint density at radius 2 is 2.06 bits per heavy atom. The van der Waals surface area contributed by atoms with Crippen LogP contribution in [-0.2, 0) is 11.3 Å². The Balaban J connectivity index is 1.97. The number of benzene rings is 1. The van der Waals surface area contributed by atoms with E-state index in [9.17, 15) is 4.79 Å². The summed E-state index contributed by atoms with van der Waals surface area (Å²) < 4.78 is 11.7. The fourth-order valence-electron chi connectivity index (χ4n) is 1.27. The van der Waals surface area contributed by atoms with Crippen LogP contribution in [0.3, 0.4) is 0 Å². The van der Waals surface area contributed by atoms with Crippen LogP contribution in [0.5, 0.6) is 0 Å². The van der Waals surface area contributed by atoms with Gasteiger partial charge in [0.25, 0.3) is 0 Å². The summed E-state index contributed by atoms with van der Waals surface area (Å²) in [5.74, 6) is -0.289. The molecule has 0 aliphatic rings. The molecule has 5 heteroatoms. The molecule has 1 heterocycles. The van der Waals surface area contributed by atoms with Crippen molar-refractivity contribution >= 4 is 37.8 Å². The molecule has 0 aliphatic heterocycles. The maximum absolute atomic E-state index is 11.6. The monoisotopic (exact) mass is 358 g/mol. The second-order valence-electron chi connectivity index (χ2n) is 3.31. The molecule has 0 radical (unpaired) electrons. The van der Waals surface area contributed by atoms with E-state index >= 15 is 0 Å². The van der Waals surface area contributed by atoms with E-state index in [2.05, 4.69) is 31.9 Å². The summed E-state index contributed by atoms with van der Waals surface area (Å²) in [6, 6.07) is 10.8. The average molecular weight is 360 g/mol. The highest BCUT2D eigenvalue weighted by Gasteiger charge is 2.11. The Kier molecular flexibility index (Phi) is 4.02. The van der Waals surface area contributed by atoms with E-state index in [4.69, 9.17) is 9.15 Å². The Bertz CT molecular complexity index is 534. The molecule has 0 saturated heterocycles. The molecule has 3 nitrogen and oxygen atoms in total. The molecule has 0 N–H and O–H groups in total. The van der Waals surface area contributed by atoms with Crippen molar-refractivity contribution in [2.24, 2.45) is 0 Å². The van der Waals surface area contributed by atoms with Crippen LogP contribution in [0.15, 0.2) is 50.0 Å². The molecule has 88 valence electrons. The standard InChI is InChI=1S/C12H8Br2O3/c13-9-3-1-2-8(6-9)7-16-12(15)10-4-5-11(14)17-10/h1-6H,7H2. The second kappa shape index (κ2) is 5.51. The van der Waals surface area contributed by atoms with Crippen LogP contribution in [0.2, 0.25) is 0 Å². The summed E-state index contributed by atoms with van der Waals surface area (Å²) in [6.45, 7) is 0.219. The molecule has 0 aliphatic carbocycles. The zero-order valence-electron chi connectivity index (χ0n) is 8.65. The molecular weight excluding hydrogens is 352 g/mol. The second-order valence-corrected chi connectivity index (χ2v) is 5.01. The van der Waals surface area contributed by atoms with Crippen molar-refractivity contribution in [2.75, 3.05) is 0 Å². The highest BCUT2D eigenvalue weighted by molar-refractivity contribution is 9.10. The van der Waals surface area contributed by atoms with Gasteiger partial charge in [-0.2, -0.15) is 0 Å². The van der Waals surface area contributed by atoms with Gasteiger partial charge in [-0.25, -0.2) is 4.79 Å². The minimum absolute atomic E-state index is 0.187. The van der Waals surface area contributed by atoms with E-state index in [1.807, 2.05) is 24.3 Å². The molecule has 0 saturated carbocycles. The van der Waals surface area contributed by atoms with Gasteiger partial charge in [0.2, 0.25) is 5.76 Å². The van der Waals surface area contributed by atoms with E-state index < -0.39 is 5.97 Å². The largest absolute Gasteiger partial charge is 0.455 e. The third-order valence-electron chi connectivity index (χ3n) is 2.03. The van der Waals surface area contributed by atoms with Crippen LogP contribution < -0.4 is 0 Å². The predicted molar refractivity (Wildman–Crippen MR) is 69.7 cm³/mol. The number of carbonyl (C=O) groups is 1. The van der Waals surface area contributed by atoms with Crippen molar-refractivity contribution in [1.29, 1.82) is 0 Å². The van der Waals surface area contributed by atoms with Gasteiger partial charge >= 0.3 is 5.97 Å². The van der Waals surface area contributed by atoms with E-state index in [0.29, 0.717) is 4.67 Å². The number of rotatable bonds is 3. The lowest BCUT2D eigenvalue weighted by Gasteiger charge is -2.03. The maximum atomic E-state index is 11.6. The third kappa shape index (κ3) is 3.44. The van der Waals surface area contributed by atoms with Crippen LogP contribution >= 0.6 is 31.9 Å². The van der Waals surface area contributed by atoms with Gasteiger partial charge in [-0.1, -0.05) is 28.1 Å². The van der Waals surface area contributed by atoms with Gasteiger partial charge in [-0.3, -0.25) is 0 Å². The molecule has 17 heavy (non-hydrogen) atoms. The molecular formula is C12H8Br2O3. The quantitative estimate of drug-likeness (QED) is 0.772. The van der Waals surface area contributed by atoms with E-state index in [-0.39, 0.29) is 12.4 Å². The number of esters is 1. The fraction of sp³-hybridized carbons (Fsp3) is 0.0833. The van der Waals surface area contributed by atoms with Crippen molar-refractivity contribution in [3.8, 4) is 0 Å². The minimum atomic E-state index is -0.476. The van der Waals surface area contributed by atoms with Crippen LogP contribution in [0.4, 0.5) is 0 Å². The van der Waals surface area contributed by atoms with Crippen LogP contribution in [0, 0.1) is 0 Å². The molecule has 1 aromatic carbocycles. The molecule has 2 rings (SSSR count). The SMILES string of the molecule is O=C(OCc1cccc(Br)c1)c1ccc(Br)o1. The number of halogens is 2. The van der Waals surface area contributed by atoms with Gasteiger partial charge < -0.3 is 9.15 Å². The third-order valence-corrected chi connectivity index (χ3v) is 2.95. The van der Waals surface area contributed by atoms with Crippen molar-refractivity contribution in [3.63, 3.8) is 0 Å². The van der Waals surface area contributed by atoms with Crippen molar-refractivity contribution < 1.29 is 13.9 Å². The van der Waals surface area contributed by atoms with E-state index in [1.54, 1.807) is 12.1 Å². The first kappa shape index (κ1) is 12.4. The molecule has 0 unspecified atom stereocenters. The van der Waals surface area contributed by atoms with Gasteiger partial charge in [-0.15, -0.1) is 0 Å². The number of furan rings is 1. The maximum Gasteiger partial charge on any atom is 0.374 e. The predicted octanol–water partition coefficient (Wildman–Crippen LogP) is 4.16. The van der Waals surface area contributed by atoms with Gasteiger partial charge in [-0.05, 0) is 45.8 Å². The normalized spacial score (nSPS) is 10.2. The minimum Gasteiger partial charge on any atom is -0.455 e. The molecule has 0 amide bonds. The lowest BCUT2D eigenvalue weighted by molar-refractivity contribution is 0.0434. The fourth-order valence-corrected chi connectivity index (χ4v) is 2.02. The molecule has 0 atom stereocenters. The molecule has 0 spiro atoms. The number of ether oxygens (including phenoxy) is 1. The molecule has 2 aromatic rings. The summed E-state index contributed by atoms with van der Waals surface area (Å²) in [4.78, 5) is 11.6. The summed E-state index contributed by atoms with van der Waals surface area (Å²) in [5.41, 5.74) is 0.915. The van der Waals surface area contributed by atoms with Crippen molar-refractivity contribution in [3.05, 3.63) is 56.9 Å². The summed E-state index contributed by atoms with van der Waals surface area (Å²) in [6.07, 6.45) is 0. The highest BCUT2D eigenvalue weighted by Crippen LogP contribution is 2.16. The zero-order valence-corrected chi connectivity index (χ0v) is 11.8. The van der Waals surface area contributed by atoms with E-state index in [0.717, 1.165) is 10.0 Å². The summed E-state index contributed by atoms with van der Waals surface area (Å²) in [7, 11) is 0. The number of carbonyl (C=O) groups excluding carboxylic acids is 1. The first-order chi connectivity index (χ1) is 8.15. The Labute approximate surface area is 115 Å². The average Bonchev–Trinajstić information content (AvgIpc) is 2.73. The molecule has 0 bridgehead atoms. The van der Waals surface area contributed by atoms with Crippen LogP contribution in [-0.4, -0.2) is 5.97 Å². The highest BCUT2D eigenvalue weighted by atomic mass is 79.9. The van der Waals surface area contributed by atoms with Gasteiger partial charge in [0.15, 0.2) is 4.67 Å². The first-order valence-electron chi connectivity index (χ1n) is 4.82. The Hall–Kier alpha value is -1.07. The number of hydrogen-bond acceptors (Lipinski definition) is 3. The smallest absolute Gasteiger partial charge is 0.374 e. The van der Waals surface area contributed by atoms with Crippen LogP contribution in [0.1, 0.15) is 16.1 Å². The topological polar surface area (TPSA) is 39.4 Å². The number of hydrogen-bond donors (Lipinski definition) is 0. The van der Waals surface area contributed by atoms with Gasteiger partial charge in [0.1, 0.15) is 6.61 Å². The molecule has 0 fully saturated rings. The van der Waals surface area contributed by atoms with Gasteiger partial charge in [0, 0.05) is 4.47 Å². The van der Waals surface area contributed by atoms with Crippen molar-refractivity contribution in [2.45, 2.75) is 6.61 Å². The lowest BCUT2D eigenvalue weighted by Crippen LogP contribution is -2.03. The van der Waals surface area contributed by atoms with Gasteiger partial charge in [0.05, 0.1) is 0 Å². The summed E-state index contributed by atoms with van der Waals surface area (Å²) in [5, 5.41) is 0. The Morgan fingerprint density at radius 3 is 2.71 bits per heavy atom. The molecule has 1 aromatic heterocycles.